The van der Waals surface area contributed by atoms with Crippen molar-refractivity contribution in [2.24, 2.45) is 0 Å². The number of aryl methyl sites for hydroxylation is 1. The maximum absolute atomic E-state index is 12.5. The van der Waals surface area contributed by atoms with Gasteiger partial charge in [0, 0.05) is 17.6 Å². The molecule has 0 aliphatic carbocycles. The number of likely N-dealkylation sites (tertiary alicyclic amines) is 1. The third-order valence-corrected chi connectivity index (χ3v) is 4.81. The zero-order valence-electron chi connectivity index (χ0n) is 10.4. The Labute approximate surface area is 115 Å². The Balaban J connectivity index is 1.84. The standard InChI is InChI=1S/C14H16BrNO2/c1-9-3-2-4-12(13(9)15)14(17)16-7-10-5-6-11(8-16)18-10/h2-4,10-11H,5-8H2,1H3. The highest BCUT2D eigenvalue weighted by Crippen LogP contribution is 2.29. The Morgan fingerprint density at radius 1 is 1.33 bits per heavy atom. The van der Waals surface area contributed by atoms with E-state index in [9.17, 15) is 4.79 Å². The number of hydrogen-bond acceptors (Lipinski definition) is 2. The van der Waals surface area contributed by atoms with Gasteiger partial charge in [0.05, 0.1) is 17.8 Å². The maximum atomic E-state index is 12.5. The number of benzene rings is 1. The van der Waals surface area contributed by atoms with Gasteiger partial charge in [-0.1, -0.05) is 12.1 Å². The van der Waals surface area contributed by atoms with Crippen molar-refractivity contribution in [2.75, 3.05) is 13.1 Å². The molecule has 4 heteroatoms. The molecule has 96 valence electrons. The van der Waals surface area contributed by atoms with Gasteiger partial charge in [-0.15, -0.1) is 0 Å². The molecule has 0 N–H and O–H groups in total. The van der Waals surface area contributed by atoms with Gasteiger partial charge in [-0.2, -0.15) is 0 Å². The minimum absolute atomic E-state index is 0.116. The fourth-order valence-electron chi connectivity index (χ4n) is 2.76. The summed E-state index contributed by atoms with van der Waals surface area (Å²) in [5.74, 6) is 0.116. The van der Waals surface area contributed by atoms with Crippen molar-refractivity contribution in [3.63, 3.8) is 0 Å². The summed E-state index contributed by atoms with van der Waals surface area (Å²) in [4.78, 5) is 14.5. The summed E-state index contributed by atoms with van der Waals surface area (Å²) in [7, 11) is 0. The monoisotopic (exact) mass is 309 g/mol. The normalized spacial score (nSPS) is 26.4. The predicted octanol–water partition coefficient (Wildman–Crippen LogP) is 2.76. The van der Waals surface area contributed by atoms with Crippen molar-refractivity contribution in [1.82, 2.24) is 4.90 Å². The Kier molecular flexibility index (Phi) is 3.16. The molecule has 1 amide bonds. The van der Waals surface area contributed by atoms with E-state index in [2.05, 4.69) is 15.9 Å². The van der Waals surface area contributed by atoms with E-state index in [1.807, 2.05) is 30.0 Å². The quantitative estimate of drug-likeness (QED) is 0.798. The summed E-state index contributed by atoms with van der Waals surface area (Å²) >= 11 is 3.51. The molecular formula is C14H16BrNO2. The molecular weight excluding hydrogens is 294 g/mol. The summed E-state index contributed by atoms with van der Waals surface area (Å²) in [5, 5.41) is 0. The number of carbonyl (C=O) groups is 1. The first-order valence-corrected chi connectivity index (χ1v) is 7.14. The van der Waals surface area contributed by atoms with E-state index in [0.717, 1.165) is 41.5 Å². The minimum Gasteiger partial charge on any atom is -0.371 e. The SMILES string of the molecule is Cc1cccc(C(=O)N2CC3CCC(C2)O3)c1Br. The predicted molar refractivity (Wildman–Crippen MR) is 72.7 cm³/mol. The first-order valence-electron chi connectivity index (χ1n) is 6.35. The third-order valence-electron chi connectivity index (χ3n) is 3.75. The fourth-order valence-corrected chi connectivity index (χ4v) is 3.20. The van der Waals surface area contributed by atoms with Crippen LogP contribution in [-0.2, 0) is 4.74 Å². The van der Waals surface area contributed by atoms with Crippen LogP contribution in [0.1, 0.15) is 28.8 Å². The van der Waals surface area contributed by atoms with Crippen LogP contribution in [0, 0.1) is 6.92 Å². The lowest BCUT2D eigenvalue weighted by atomic mass is 10.1. The Bertz CT molecular complexity index is 477. The number of carbonyl (C=O) groups excluding carboxylic acids is 1. The van der Waals surface area contributed by atoms with Gasteiger partial charge in [0.1, 0.15) is 0 Å². The van der Waals surface area contributed by atoms with Crippen LogP contribution in [-0.4, -0.2) is 36.1 Å². The van der Waals surface area contributed by atoms with Gasteiger partial charge in [-0.3, -0.25) is 4.79 Å². The minimum atomic E-state index is 0.116. The van der Waals surface area contributed by atoms with Crippen LogP contribution >= 0.6 is 15.9 Å². The van der Waals surface area contributed by atoms with E-state index in [1.54, 1.807) is 0 Å². The number of nitrogens with zero attached hydrogens (tertiary/aromatic N) is 1. The van der Waals surface area contributed by atoms with Crippen molar-refractivity contribution in [3.8, 4) is 0 Å². The van der Waals surface area contributed by atoms with Crippen LogP contribution in [0.15, 0.2) is 22.7 Å². The molecule has 0 saturated carbocycles. The lowest BCUT2D eigenvalue weighted by Crippen LogP contribution is -2.45. The van der Waals surface area contributed by atoms with Crippen molar-refractivity contribution < 1.29 is 9.53 Å². The number of halogens is 1. The van der Waals surface area contributed by atoms with Gasteiger partial charge in [-0.05, 0) is 47.3 Å². The lowest BCUT2D eigenvalue weighted by Gasteiger charge is -2.32. The Morgan fingerprint density at radius 2 is 2.00 bits per heavy atom. The van der Waals surface area contributed by atoms with E-state index in [0.29, 0.717) is 0 Å². The summed E-state index contributed by atoms with van der Waals surface area (Å²) in [6, 6.07) is 5.82. The van der Waals surface area contributed by atoms with Crippen molar-refractivity contribution in [3.05, 3.63) is 33.8 Å². The first kappa shape index (κ1) is 12.2. The number of morpholine rings is 1. The summed E-state index contributed by atoms with van der Waals surface area (Å²) < 4.78 is 6.67. The van der Waals surface area contributed by atoms with Gasteiger partial charge in [-0.25, -0.2) is 0 Å². The largest absolute Gasteiger partial charge is 0.371 e. The van der Waals surface area contributed by atoms with Gasteiger partial charge >= 0.3 is 0 Å². The van der Waals surface area contributed by atoms with Crippen LogP contribution in [0.25, 0.3) is 0 Å². The highest BCUT2D eigenvalue weighted by atomic mass is 79.9. The van der Waals surface area contributed by atoms with Gasteiger partial charge in [0.25, 0.3) is 5.91 Å². The highest BCUT2D eigenvalue weighted by Gasteiger charge is 2.36. The van der Waals surface area contributed by atoms with Crippen LogP contribution in [0.3, 0.4) is 0 Å². The first-order chi connectivity index (χ1) is 8.65. The number of hydrogen-bond donors (Lipinski definition) is 0. The van der Waals surface area contributed by atoms with Crippen LogP contribution in [0.5, 0.6) is 0 Å². The molecule has 0 aromatic heterocycles. The van der Waals surface area contributed by atoms with Gasteiger partial charge < -0.3 is 9.64 Å². The molecule has 18 heavy (non-hydrogen) atoms. The molecule has 0 radical (unpaired) electrons. The van der Waals surface area contributed by atoms with Crippen molar-refractivity contribution in [2.45, 2.75) is 32.0 Å². The fraction of sp³-hybridized carbons (Fsp3) is 0.500. The zero-order valence-corrected chi connectivity index (χ0v) is 11.9. The molecule has 2 heterocycles. The van der Waals surface area contributed by atoms with E-state index >= 15 is 0 Å². The smallest absolute Gasteiger partial charge is 0.255 e. The molecule has 2 saturated heterocycles. The summed E-state index contributed by atoms with van der Waals surface area (Å²) in [6.07, 6.45) is 2.67. The van der Waals surface area contributed by atoms with E-state index in [-0.39, 0.29) is 18.1 Å². The number of amides is 1. The molecule has 2 bridgehead atoms. The second-order valence-corrected chi connectivity index (χ2v) is 5.90. The molecule has 2 atom stereocenters. The lowest BCUT2D eigenvalue weighted by molar-refractivity contribution is -0.0303. The average molecular weight is 310 g/mol. The van der Waals surface area contributed by atoms with Crippen molar-refractivity contribution >= 4 is 21.8 Å². The maximum Gasteiger partial charge on any atom is 0.255 e. The van der Waals surface area contributed by atoms with Crippen LogP contribution < -0.4 is 0 Å². The second kappa shape index (κ2) is 4.67. The van der Waals surface area contributed by atoms with Gasteiger partial charge in [0.2, 0.25) is 0 Å². The third kappa shape index (κ3) is 2.08. The van der Waals surface area contributed by atoms with E-state index < -0.39 is 0 Å². The van der Waals surface area contributed by atoms with Crippen LogP contribution in [0.4, 0.5) is 0 Å². The highest BCUT2D eigenvalue weighted by molar-refractivity contribution is 9.10. The molecule has 0 spiro atoms. The molecule has 1 aromatic carbocycles. The number of ether oxygens (including phenoxy) is 1. The van der Waals surface area contributed by atoms with Gasteiger partial charge in [0.15, 0.2) is 0 Å². The molecule has 2 aliphatic heterocycles. The Hall–Kier alpha value is -0.870. The zero-order chi connectivity index (χ0) is 12.7. The van der Waals surface area contributed by atoms with Crippen molar-refractivity contribution in [1.29, 1.82) is 0 Å². The average Bonchev–Trinajstić information content (AvgIpc) is 2.71. The molecule has 2 fully saturated rings. The molecule has 3 nitrogen and oxygen atoms in total. The topological polar surface area (TPSA) is 29.5 Å². The molecule has 1 aromatic rings. The molecule has 2 aliphatic rings. The Morgan fingerprint density at radius 3 is 2.67 bits per heavy atom. The van der Waals surface area contributed by atoms with Crippen LogP contribution in [0.2, 0.25) is 0 Å². The number of rotatable bonds is 1. The summed E-state index contributed by atoms with van der Waals surface area (Å²) in [5.41, 5.74) is 1.85. The molecule has 3 rings (SSSR count). The van der Waals surface area contributed by atoms with E-state index in [1.165, 1.54) is 0 Å². The second-order valence-electron chi connectivity index (χ2n) is 5.10. The van der Waals surface area contributed by atoms with E-state index in [4.69, 9.17) is 4.74 Å². The molecule has 2 unspecified atom stereocenters. The number of fused-ring (bicyclic) bond motifs is 2. The summed E-state index contributed by atoms with van der Waals surface area (Å²) in [6.45, 7) is 3.47.